The molecule has 0 bridgehead atoms. The molecule has 2 N–H and O–H groups in total. The number of rotatable bonds is 5. The summed E-state index contributed by atoms with van der Waals surface area (Å²) in [6, 6.07) is 6.90. The fourth-order valence-electron chi connectivity index (χ4n) is 3.99. The second-order valence-electron chi connectivity index (χ2n) is 7.41. The van der Waals surface area contributed by atoms with Crippen molar-refractivity contribution >= 4 is 46.0 Å². The first-order valence-corrected chi connectivity index (χ1v) is 10.1. The number of carboxylic acid groups (broad SMARTS) is 1. The highest BCUT2D eigenvalue weighted by molar-refractivity contribution is 6.42. The van der Waals surface area contributed by atoms with E-state index in [0.29, 0.717) is 6.42 Å². The maximum absolute atomic E-state index is 15.1. The molecular formula is C22H20Cl2FNO4. The van der Waals surface area contributed by atoms with E-state index in [-0.39, 0.29) is 44.2 Å². The average Bonchev–Trinajstić information content (AvgIpc) is 2.99. The molecule has 3 rings (SSSR count). The first-order valence-electron chi connectivity index (χ1n) is 9.30. The Kier molecular flexibility index (Phi) is 5.85. The third-order valence-electron chi connectivity index (χ3n) is 5.43. The van der Waals surface area contributed by atoms with Crippen LogP contribution in [0.3, 0.4) is 0 Å². The number of benzene rings is 2. The Morgan fingerprint density at radius 2 is 1.83 bits per heavy atom. The van der Waals surface area contributed by atoms with Gasteiger partial charge in [0.15, 0.2) is 11.6 Å². The van der Waals surface area contributed by atoms with Crippen molar-refractivity contribution in [2.45, 2.75) is 39.0 Å². The summed E-state index contributed by atoms with van der Waals surface area (Å²) in [6.07, 6.45) is 0.744. The Labute approximate surface area is 182 Å². The topological polar surface area (TPSA) is 79.5 Å². The Morgan fingerprint density at radius 1 is 1.17 bits per heavy atom. The Bertz CT molecular complexity index is 1190. The molecule has 0 aliphatic carbocycles. The zero-order valence-electron chi connectivity index (χ0n) is 16.6. The number of halogens is 3. The van der Waals surface area contributed by atoms with Crippen LogP contribution < -0.4 is 0 Å². The van der Waals surface area contributed by atoms with Gasteiger partial charge in [-0.3, -0.25) is 14.2 Å². The van der Waals surface area contributed by atoms with Gasteiger partial charge >= 0.3 is 5.97 Å². The molecule has 0 unspecified atom stereocenters. The number of hydrogen-bond donors (Lipinski definition) is 2. The zero-order valence-corrected chi connectivity index (χ0v) is 18.1. The van der Waals surface area contributed by atoms with E-state index in [1.807, 2.05) is 6.92 Å². The minimum atomic E-state index is -1.46. The number of aliphatic carboxylic acids is 1. The minimum absolute atomic E-state index is 0.0840. The highest BCUT2D eigenvalue weighted by atomic mass is 35.5. The number of nitrogens with zero attached hydrogens (tertiary/aromatic N) is 1. The Balaban J connectivity index is 2.41. The summed E-state index contributed by atoms with van der Waals surface area (Å²) < 4.78 is 16.3. The quantitative estimate of drug-likeness (QED) is 0.503. The number of fused-ring (bicyclic) bond motifs is 1. The molecule has 158 valence electrons. The van der Waals surface area contributed by atoms with Crippen LogP contribution in [-0.2, 0) is 10.2 Å². The molecule has 0 saturated heterocycles. The standard InChI is InChI=1S/C22H20Cl2FNO4/c1-4-9-22(3,21(29)30)18-11(2)26(15-7-8-16(27)19(25)17(15)18)20(28)12-5-6-13(23)14(24)10-12/h5-8,10,27H,4,9H2,1-3H3,(H,29,30)/t22-/m1/s1. The highest BCUT2D eigenvalue weighted by Crippen LogP contribution is 2.42. The third-order valence-corrected chi connectivity index (χ3v) is 6.17. The second-order valence-corrected chi connectivity index (χ2v) is 8.22. The summed E-state index contributed by atoms with van der Waals surface area (Å²) >= 11 is 12.0. The second kappa shape index (κ2) is 7.93. The van der Waals surface area contributed by atoms with E-state index < -0.39 is 28.9 Å². The van der Waals surface area contributed by atoms with Crippen LogP contribution in [0.15, 0.2) is 30.3 Å². The Hall–Kier alpha value is -2.57. The van der Waals surface area contributed by atoms with Crippen LogP contribution in [0, 0.1) is 12.7 Å². The summed E-state index contributed by atoms with van der Waals surface area (Å²) in [7, 11) is 0. The maximum Gasteiger partial charge on any atom is 0.313 e. The van der Waals surface area contributed by atoms with Crippen molar-refractivity contribution in [2.24, 2.45) is 0 Å². The molecule has 0 radical (unpaired) electrons. The molecule has 5 nitrogen and oxygen atoms in total. The van der Waals surface area contributed by atoms with Gasteiger partial charge in [-0.1, -0.05) is 36.5 Å². The van der Waals surface area contributed by atoms with Crippen LogP contribution in [-0.4, -0.2) is 26.7 Å². The number of phenols is 1. The molecule has 1 aromatic heterocycles. The Morgan fingerprint density at radius 3 is 2.40 bits per heavy atom. The van der Waals surface area contributed by atoms with Gasteiger partial charge in [0.25, 0.3) is 5.91 Å². The van der Waals surface area contributed by atoms with E-state index in [1.54, 1.807) is 6.92 Å². The SMILES string of the molecule is CCC[C@@](C)(C(=O)O)c1c(C)n(C(=O)c2ccc(Cl)c(Cl)c2)c2ccc(O)c(F)c12. The monoisotopic (exact) mass is 451 g/mol. The smallest absolute Gasteiger partial charge is 0.313 e. The normalized spacial score (nSPS) is 13.4. The van der Waals surface area contributed by atoms with Gasteiger partial charge in [0, 0.05) is 22.2 Å². The van der Waals surface area contributed by atoms with Gasteiger partial charge < -0.3 is 10.2 Å². The molecular weight excluding hydrogens is 432 g/mol. The van der Waals surface area contributed by atoms with Gasteiger partial charge in [0.1, 0.15) is 0 Å². The van der Waals surface area contributed by atoms with Crippen LogP contribution in [0.1, 0.15) is 48.3 Å². The summed E-state index contributed by atoms with van der Waals surface area (Å²) in [5.41, 5.74) is -0.651. The number of phenolic OH excluding ortho intramolecular Hbond substituents is 1. The first kappa shape index (κ1) is 22.1. The third kappa shape index (κ3) is 3.34. The molecule has 0 aliphatic heterocycles. The minimum Gasteiger partial charge on any atom is -0.505 e. The molecule has 2 aromatic carbocycles. The van der Waals surface area contributed by atoms with Gasteiger partial charge in [0.05, 0.1) is 21.0 Å². The summed E-state index contributed by atoms with van der Waals surface area (Å²) in [6.45, 7) is 4.89. The number of carboxylic acids is 1. The van der Waals surface area contributed by atoms with Crippen LogP contribution in [0.5, 0.6) is 5.75 Å². The summed E-state index contributed by atoms with van der Waals surface area (Å²) in [5, 5.41) is 20.3. The summed E-state index contributed by atoms with van der Waals surface area (Å²) in [4.78, 5) is 25.6. The lowest BCUT2D eigenvalue weighted by molar-refractivity contribution is -0.143. The van der Waals surface area contributed by atoms with E-state index >= 15 is 4.39 Å². The van der Waals surface area contributed by atoms with Crippen LogP contribution in [0.4, 0.5) is 4.39 Å². The van der Waals surface area contributed by atoms with Gasteiger partial charge in [-0.2, -0.15) is 0 Å². The lowest BCUT2D eigenvalue weighted by Gasteiger charge is -2.25. The van der Waals surface area contributed by atoms with Crippen LogP contribution in [0.2, 0.25) is 10.0 Å². The fourth-order valence-corrected chi connectivity index (χ4v) is 4.28. The number of carbonyl (C=O) groups is 2. The van der Waals surface area contributed by atoms with Gasteiger partial charge in [-0.25, -0.2) is 4.39 Å². The number of hydrogen-bond acceptors (Lipinski definition) is 3. The maximum atomic E-state index is 15.1. The van der Waals surface area contributed by atoms with Gasteiger partial charge in [-0.15, -0.1) is 0 Å². The van der Waals surface area contributed by atoms with Gasteiger partial charge in [0.2, 0.25) is 0 Å². The van der Waals surface area contributed by atoms with E-state index in [1.165, 1.54) is 35.8 Å². The first-order chi connectivity index (χ1) is 14.0. The largest absolute Gasteiger partial charge is 0.505 e. The molecule has 0 spiro atoms. The van der Waals surface area contributed by atoms with Gasteiger partial charge in [-0.05, 0) is 50.6 Å². The molecule has 1 atom stereocenters. The van der Waals surface area contributed by atoms with E-state index in [0.717, 1.165) is 6.07 Å². The van der Waals surface area contributed by atoms with E-state index in [9.17, 15) is 19.8 Å². The molecule has 0 fully saturated rings. The molecule has 1 heterocycles. The average molecular weight is 452 g/mol. The lowest BCUT2D eigenvalue weighted by Crippen LogP contribution is -2.33. The molecule has 3 aromatic rings. The van der Waals surface area contributed by atoms with Crippen molar-refractivity contribution in [1.82, 2.24) is 4.57 Å². The van der Waals surface area contributed by atoms with Crippen molar-refractivity contribution in [3.8, 4) is 5.75 Å². The predicted octanol–water partition coefficient (Wildman–Crippen LogP) is 5.93. The molecule has 0 amide bonds. The molecule has 0 saturated carbocycles. The molecule has 30 heavy (non-hydrogen) atoms. The van der Waals surface area contributed by atoms with Crippen LogP contribution in [0.25, 0.3) is 10.9 Å². The number of aromatic hydroxyl groups is 1. The summed E-state index contributed by atoms with van der Waals surface area (Å²) in [5.74, 6) is -3.24. The molecule has 0 aliphatic rings. The van der Waals surface area contributed by atoms with Crippen molar-refractivity contribution < 1.29 is 24.2 Å². The number of aromatic nitrogens is 1. The van der Waals surface area contributed by atoms with E-state index in [4.69, 9.17) is 23.2 Å². The predicted molar refractivity (Wildman–Crippen MR) is 114 cm³/mol. The highest BCUT2D eigenvalue weighted by Gasteiger charge is 2.41. The van der Waals surface area contributed by atoms with Crippen LogP contribution >= 0.6 is 23.2 Å². The van der Waals surface area contributed by atoms with Crippen molar-refractivity contribution in [2.75, 3.05) is 0 Å². The lowest BCUT2D eigenvalue weighted by atomic mass is 9.77. The fraction of sp³-hybridized carbons (Fsp3) is 0.273. The number of carbonyl (C=O) groups excluding carboxylic acids is 1. The van der Waals surface area contributed by atoms with E-state index in [2.05, 4.69) is 0 Å². The van der Waals surface area contributed by atoms with Crippen molar-refractivity contribution in [3.63, 3.8) is 0 Å². The van der Waals surface area contributed by atoms with Crippen molar-refractivity contribution in [3.05, 3.63) is 63.0 Å². The van der Waals surface area contributed by atoms with Crippen molar-refractivity contribution in [1.29, 1.82) is 0 Å². The molecule has 8 heteroatoms. The zero-order chi connectivity index (χ0) is 22.4.